The summed E-state index contributed by atoms with van der Waals surface area (Å²) in [6.07, 6.45) is 3.40. The molecule has 1 fully saturated rings. The first-order valence-corrected chi connectivity index (χ1v) is 5.25. The normalized spacial score (nSPS) is 40.2. The molecular weight excluding hydrogens is 148 g/mol. The van der Waals surface area contributed by atoms with Crippen molar-refractivity contribution in [1.29, 1.82) is 0 Å². The van der Waals surface area contributed by atoms with Gasteiger partial charge in [0.25, 0.3) is 0 Å². The van der Waals surface area contributed by atoms with Crippen LogP contribution in [0.25, 0.3) is 0 Å². The van der Waals surface area contributed by atoms with E-state index in [0.717, 1.165) is 18.3 Å². The lowest BCUT2D eigenvalue weighted by atomic mass is 9.58. The fraction of sp³-hybridized carbons (Fsp3) is 1.00. The maximum absolute atomic E-state index is 10.0. The van der Waals surface area contributed by atoms with Crippen molar-refractivity contribution >= 4 is 0 Å². The predicted molar refractivity (Wildman–Crippen MR) is 52.0 cm³/mol. The van der Waals surface area contributed by atoms with Gasteiger partial charge in [-0.05, 0) is 37.5 Å². The lowest BCUT2D eigenvalue weighted by Crippen LogP contribution is -2.48. The van der Waals surface area contributed by atoms with E-state index in [2.05, 4.69) is 20.8 Å². The van der Waals surface area contributed by atoms with Crippen molar-refractivity contribution in [3.63, 3.8) is 0 Å². The predicted octanol–water partition coefficient (Wildman–Crippen LogP) is 2.83. The van der Waals surface area contributed by atoms with E-state index in [1.54, 1.807) is 0 Å². The van der Waals surface area contributed by atoms with Gasteiger partial charge in [-0.2, -0.15) is 0 Å². The molecular formula is C11H22O. The summed E-state index contributed by atoms with van der Waals surface area (Å²) in [5.74, 6) is 2.14. The molecule has 1 nitrogen and oxygen atoms in total. The van der Waals surface area contributed by atoms with E-state index in [0.29, 0.717) is 5.92 Å². The minimum atomic E-state index is -0.412. The largest absolute Gasteiger partial charge is 0.390 e. The van der Waals surface area contributed by atoms with Gasteiger partial charge < -0.3 is 5.11 Å². The Labute approximate surface area is 76.2 Å². The zero-order valence-electron chi connectivity index (χ0n) is 8.80. The van der Waals surface area contributed by atoms with Crippen LogP contribution in [-0.4, -0.2) is 10.7 Å². The highest BCUT2D eigenvalue weighted by atomic mass is 16.3. The van der Waals surface area contributed by atoms with Crippen molar-refractivity contribution in [1.82, 2.24) is 0 Å². The van der Waals surface area contributed by atoms with Crippen molar-refractivity contribution in [2.24, 2.45) is 17.8 Å². The van der Waals surface area contributed by atoms with Crippen LogP contribution in [0, 0.1) is 17.8 Å². The summed E-state index contributed by atoms with van der Waals surface area (Å²) in [6.45, 7) is 8.59. The highest BCUT2D eigenvalue weighted by Gasteiger charge is 2.45. The molecule has 0 radical (unpaired) electrons. The Morgan fingerprint density at radius 2 is 2.00 bits per heavy atom. The van der Waals surface area contributed by atoms with E-state index in [1.165, 1.54) is 12.8 Å². The van der Waals surface area contributed by atoms with Crippen LogP contribution in [0.3, 0.4) is 0 Å². The summed E-state index contributed by atoms with van der Waals surface area (Å²) < 4.78 is 0. The zero-order valence-corrected chi connectivity index (χ0v) is 8.80. The minimum absolute atomic E-state index is 0.412. The lowest BCUT2D eigenvalue weighted by Gasteiger charge is -2.49. The van der Waals surface area contributed by atoms with Gasteiger partial charge in [0.05, 0.1) is 5.60 Å². The molecule has 0 bridgehead atoms. The van der Waals surface area contributed by atoms with Gasteiger partial charge in [-0.3, -0.25) is 0 Å². The number of hydrogen-bond donors (Lipinski definition) is 1. The van der Waals surface area contributed by atoms with Crippen LogP contribution in [0.2, 0.25) is 0 Å². The van der Waals surface area contributed by atoms with E-state index in [1.807, 2.05) is 6.92 Å². The quantitative estimate of drug-likeness (QED) is 0.690. The van der Waals surface area contributed by atoms with Gasteiger partial charge in [-0.15, -0.1) is 0 Å². The van der Waals surface area contributed by atoms with Crippen LogP contribution < -0.4 is 0 Å². The van der Waals surface area contributed by atoms with Gasteiger partial charge >= 0.3 is 0 Å². The standard InChI is InChI=1S/C11H22O/c1-5-9-7-10(8(9)3)11(4,12)6-2/h8-10,12H,5-7H2,1-4H3. The van der Waals surface area contributed by atoms with Crippen LogP contribution >= 0.6 is 0 Å². The van der Waals surface area contributed by atoms with Crippen molar-refractivity contribution in [3.05, 3.63) is 0 Å². The molecule has 0 saturated heterocycles. The van der Waals surface area contributed by atoms with Crippen LogP contribution in [0.4, 0.5) is 0 Å². The fourth-order valence-corrected chi connectivity index (χ4v) is 2.51. The van der Waals surface area contributed by atoms with E-state index in [9.17, 15) is 5.11 Å². The molecule has 1 heteroatoms. The first-order valence-electron chi connectivity index (χ1n) is 5.25. The maximum atomic E-state index is 10.0. The van der Waals surface area contributed by atoms with Crippen LogP contribution in [-0.2, 0) is 0 Å². The third kappa shape index (κ3) is 1.52. The third-order valence-corrected chi connectivity index (χ3v) is 3.97. The Morgan fingerprint density at radius 1 is 1.42 bits per heavy atom. The van der Waals surface area contributed by atoms with Gasteiger partial charge in [0.2, 0.25) is 0 Å². The zero-order chi connectivity index (χ0) is 9.35. The van der Waals surface area contributed by atoms with Gasteiger partial charge in [0, 0.05) is 0 Å². The smallest absolute Gasteiger partial charge is 0.0647 e. The fourth-order valence-electron chi connectivity index (χ4n) is 2.51. The molecule has 1 aliphatic carbocycles. The highest BCUT2D eigenvalue weighted by Crippen LogP contribution is 2.48. The summed E-state index contributed by atoms with van der Waals surface area (Å²) in [5, 5.41) is 10.0. The molecule has 0 amide bonds. The Kier molecular flexibility index (Phi) is 2.82. The van der Waals surface area contributed by atoms with Gasteiger partial charge in [-0.1, -0.05) is 27.2 Å². The minimum Gasteiger partial charge on any atom is -0.390 e. The second kappa shape index (κ2) is 3.37. The topological polar surface area (TPSA) is 20.2 Å². The summed E-state index contributed by atoms with van der Waals surface area (Å²) in [5.41, 5.74) is -0.412. The van der Waals surface area contributed by atoms with Gasteiger partial charge in [-0.25, -0.2) is 0 Å². The second-order valence-electron chi connectivity index (χ2n) is 4.58. The van der Waals surface area contributed by atoms with Crippen LogP contribution in [0.15, 0.2) is 0 Å². The first kappa shape index (κ1) is 10.0. The number of aliphatic hydroxyl groups is 1. The monoisotopic (exact) mass is 170 g/mol. The molecule has 0 heterocycles. The lowest BCUT2D eigenvalue weighted by molar-refractivity contribution is -0.0979. The number of hydrogen-bond acceptors (Lipinski definition) is 1. The van der Waals surface area contributed by atoms with E-state index < -0.39 is 5.60 Å². The maximum Gasteiger partial charge on any atom is 0.0647 e. The molecule has 1 saturated carbocycles. The molecule has 72 valence electrons. The van der Waals surface area contributed by atoms with Crippen molar-refractivity contribution in [2.75, 3.05) is 0 Å². The van der Waals surface area contributed by atoms with E-state index >= 15 is 0 Å². The molecule has 0 aromatic heterocycles. The summed E-state index contributed by atoms with van der Waals surface area (Å²) in [7, 11) is 0. The van der Waals surface area contributed by atoms with Crippen molar-refractivity contribution in [2.45, 2.75) is 52.6 Å². The summed E-state index contributed by atoms with van der Waals surface area (Å²) in [6, 6.07) is 0. The van der Waals surface area contributed by atoms with Crippen LogP contribution in [0.5, 0.6) is 0 Å². The molecule has 0 aliphatic heterocycles. The highest BCUT2D eigenvalue weighted by molar-refractivity contribution is 4.95. The van der Waals surface area contributed by atoms with E-state index in [-0.39, 0.29) is 0 Å². The molecule has 0 aromatic carbocycles. The molecule has 1 aliphatic rings. The molecule has 1 N–H and O–H groups in total. The Morgan fingerprint density at radius 3 is 2.33 bits per heavy atom. The Bertz CT molecular complexity index is 151. The molecule has 4 atom stereocenters. The second-order valence-corrected chi connectivity index (χ2v) is 4.58. The molecule has 0 spiro atoms. The molecule has 12 heavy (non-hydrogen) atoms. The average Bonchev–Trinajstić information content (AvgIpc) is 2.02. The average molecular weight is 170 g/mol. The van der Waals surface area contributed by atoms with Crippen LogP contribution in [0.1, 0.15) is 47.0 Å². The Hall–Kier alpha value is -0.0400. The SMILES string of the molecule is CCC1CC(C(C)(O)CC)C1C. The molecule has 1 rings (SSSR count). The molecule has 4 unspecified atom stereocenters. The summed E-state index contributed by atoms with van der Waals surface area (Å²) >= 11 is 0. The molecule has 0 aromatic rings. The first-order chi connectivity index (χ1) is 5.53. The Balaban J connectivity index is 2.48. The van der Waals surface area contributed by atoms with Gasteiger partial charge in [0.15, 0.2) is 0 Å². The third-order valence-electron chi connectivity index (χ3n) is 3.97. The van der Waals surface area contributed by atoms with Crippen molar-refractivity contribution in [3.8, 4) is 0 Å². The summed E-state index contributed by atoms with van der Waals surface area (Å²) in [4.78, 5) is 0. The van der Waals surface area contributed by atoms with E-state index in [4.69, 9.17) is 0 Å². The van der Waals surface area contributed by atoms with Crippen molar-refractivity contribution < 1.29 is 5.11 Å². The van der Waals surface area contributed by atoms with Gasteiger partial charge in [0.1, 0.15) is 0 Å². The number of rotatable bonds is 3.